The molecule has 0 spiro atoms. The van der Waals surface area contributed by atoms with Crippen LogP contribution in [0.2, 0.25) is 0 Å². The summed E-state index contributed by atoms with van der Waals surface area (Å²) in [7, 11) is 1.83. The summed E-state index contributed by atoms with van der Waals surface area (Å²) in [6.45, 7) is 3.97. The molecular formula is C19H26N2O2. The van der Waals surface area contributed by atoms with E-state index in [1.54, 1.807) is 4.90 Å². The number of benzene rings is 1. The monoisotopic (exact) mass is 314 g/mol. The lowest BCUT2D eigenvalue weighted by Crippen LogP contribution is -2.49. The molecular weight excluding hydrogens is 288 g/mol. The van der Waals surface area contributed by atoms with Crippen LogP contribution >= 0.6 is 0 Å². The van der Waals surface area contributed by atoms with E-state index in [9.17, 15) is 9.59 Å². The van der Waals surface area contributed by atoms with Gasteiger partial charge < -0.3 is 9.80 Å². The fourth-order valence-corrected chi connectivity index (χ4v) is 3.87. The number of carbonyl (C=O) groups is 2. The predicted molar refractivity (Wildman–Crippen MR) is 89.7 cm³/mol. The third-order valence-corrected chi connectivity index (χ3v) is 5.41. The van der Waals surface area contributed by atoms with Gasteiger partial charge in [0.15, 0.2) is 0 Å². The van der Waals surface area contributed by atoms with Crippen molar-refractivity contribution >= 4 is 11.8 Å². The fourth-order valence-electron chi connectivity index (χ4n) is 3.87. The Morgan fingerprint density at radius 2 is 1.74 bits per heavy atom. The normalized spacial score (nSPS) is 26.4. The third kappa shape index (κ3) is 3.26. The van der Waals surface area contributed by atoms with E-state index in [1.165, 1.54) is 0 Å². The van der Waals surface area contributed by atoms with Crippen LogP contribution in [0.1, 0.15) is 44.2 Å². The molecule has 2 aliphatic rings. The van der Waals surface area contributed by atoms with E-state index in [-0.39, 0.29) is 23.8 Å². The molecule has 0 bridgehead atoms. The van der Waals surface area contributed by atoms with Crippen molar-refractivity contribution in [3.63, 3.8) is 0 Å². The van der Waals surface area contributed by atoms with E-state index in [0.717, 1.165) is 31.5 Å². The maximum atomic E-state index is 13.1. The number of hydrogen-bond donors (Lipinski definition) is 0. The minimum Gasteiger partial charge on any atom is -0.342 e. The Balaban J connectivity index is 1.83. The van der Waals surface area contributed by atoms with Crippen molar-refractivity contribution in [2.45, 2.75) is 38.6 Å². The molecule has 2 atom stereocenters. The molecule has 23 heavy (non-hydrogen) atoms. The number of likely N-dealkylation sites (tertiary alicyclic amines) is 2. The number of rotatable bonds is 2. The van der Waals surface area contributed by atoms with Gasteiger partial charge in [-0.2, -0.15) is 0 Å². The highest BCUT2D eigenvalue weighted by Crippen LogP contribution is 2.37. The van der Waals surface area contributed by atoms with Crippen LogP contribution in [0, 0.1) is 11.8 Å². The molecule has 4 heteroatoms. The number of hydrogen-bond acceptors (Lipinski definition) is 2. The molecule has 0 aliphatic carbocycles. The second-order valence-corrected chi connectivity index (χ2v) is 7.01. The van der Waals surface area contributed by atoms with Gasteiger partial charge in [-0.05, 0) is 30.7 Å². The minimum atomic E-state index is -0.135. The van der Waals surface area contributed by atoms with Crippen molar-refractivity contribution < 1.29 is 9.59 Å². The topological polar surface area (TPSA) is 40.6 Å². The van der Waals surface area contributed by atoms with Gasteiger partial charge in [0.1, 0.15) is 0 Å². The van der Waals surface area contributed by atoms with E-state index >= 15 is 0 Å². The summed E-state index contributed by atoms with van der Waals surface area (Å²) in [4.78, 5) is 29.0. The summed E-state index contributed by atoms with van der Waals surface area (Å²) >= 11 is 0. The van der Waals surface area contributed by atoms with Gasteiger partial charge in [0.2, 0.25) is 11.8 Å². The third-order valence-electron chi connectivity index (χ3n) is 5.41. The standard InChI is InChI=1S/C19H26N2O2/c1-14-10-12-21(13-11-14)19(23)16-8-9-17(22)20(2)18(16)15-6-4-3-5-7-15/h3-7,14,16,18H,8-13H2,1-2H3/t16-,18+/m1/s1. The Morgan fingerprint density at radius 1 is 1.09 bits per heavy atom. The van der Waals surface area contributed by atoms with Gasteiger partial charge in [-0.25, -0.2) is 0 Å². The van der Waals surface area contributed by atoms with E-state index in [4.69, 9.17) is 0 Å². The Morgan fingerprint density at radius 3 is 2.39 bits per heavy atom. The molecule has 4 nitrogen and oxygen atoms in total. The smallest absolute Gasteiger partial charge is 0.228 e. The fraction of sp³-hybridized carbons (Fsp3) is 0.579. The van der Waals surface area contributed by atoms with Crippen molar-refractivity contribution in [2.75, 3.05) is 20.1 Å². The molecule has 0 saturated carbocycles. The minimum absolute atomic E-state index is 0.117. The van der Waals surface area contributed by atoms with Gasteiger partial charge in [-0.1, -0.05) is 37.3 Å². The van der Waals surface area contributed by atoms with Crippen molar-refractivity contribution in [2.24, 2.45) is 11.8 Å². The van der Waals surface area contributed by atoms with Crippen molar-refractivity contribution in [3.8, 4) is 0 Å². The van der Waals surface area contributed by atoms with E-state index in [1.807, 2.05) is 42.3 Å². The van der Waals surface area contributed by atoms with Crippen molar-refractivity contribution in [1.29, 1.82) is 0 Å². The summed E-state index contributed by atoms with van der Waals surface area (Å²) in [5.41, 5.74) is 1.06. The van der Waals surface area contributed by atoms with Crippen LogP contribution in [0.15, 0.2) is 30.3 Å². The van der Waals surface area contributed by atoms with Crippen LogP contribution in [0.25, 0.3) is 0 Å². The average Bonchev–Trinajstić information content (AvgIpc) is 2.58. The first-order chi connectivity index (χ1) is 11.1. The van der Waals surface area contributed by atoms with E-state index in [0.29, 0.717) is 18.8 Å². The molecule has 2 saturated heterocycles. The van der Waals surface area contributed by atoms with Crippen LogP contribution < -0.4 is 0 Å². The van der Waals surface area contributed by atoms with Crippen LogP contribution in [0.4, 0.5) is 0 Å². The van der Waals surface area contributed by atoms with Gasteiger partial charge in [0, 0.05) is 26.6 Å². The second-order valence-electron chi connectivity index (χ2n) is 7.01. The molecule has 0 radical (unpaired) electrons. The number of nitrogens with zero attached hydrogens (tertiary/aromatic N) is 2. The lowest BCUT2D eigenvalue weighted by Gasteiger charge is -2.41. The van der Waals surface area contributed by atoms with Gasteiger partial charge in [0.05, 0.1) is 12.0 Å². The maximum absolute atomic E-state index is 13.1. The van der Waals surface area contributed by atoms with Gasteiger partial charge in [-0.15, -0.1) is 0 Å². The summed E-state index contributed by atoms with van der Waals surface area (Å²) in [6, 6.07) is 9.84. The van der Waals surface area contributed by atoms with E-state index in [2.05, 4.69) is 6.92 Å². The molecule has 1 aromatic rings. The zero-order valence-corrected chi connectivity index (χ0v) is 14.1. The van der Waals surface area contributed by atoms with Crippen molar-refractivity contribution in [1.82, 2.24) is 9.80 Å². The van der Waals surface area contributed by atoms with Crippen LogP contribution in [-0.4, -0.2) is 41.8 Å². The number of carbonyl (C=O) groups excluding carboxylic acids is 2. The largest absolute Gasteiger partial charge is 0.342 e. The molecule has 1 aromatic carbocycles. The summed E-state index contributed by atoms with van der Waals surface area (Å²) in [5.74, 6) is 0.952. The Labute approximate surface area is 138 Å². The van der Waals surface area contributed by atoms with Crippen LogP contribution in [-0.2, 0) is 9.59 Å². The van der Waals surface area contributed by atoms with Gasteiger partial charge >= 0.3 is 0 Å². The first-order valence-electron chi connectivity index (χ1n) is 8.67. The Kier molecular flexibility index (Phi) is 4.69. The molecule has 3 rings (SSSR count). The SMILES string of the molecule is CC1CCN(C(=O)[C@@H]2CCC(=O)N(C)[C@H]2c2ccccc2)CC1. The molecule has 2 heterocycles. The second kappa shape index (κ2) is 6.73. The predicted octanol–water partition coefficient (Wildman–Crippen LogP) is 2.85. The lowest BCUT2D eigenvalue weighted by molar-refractivity contribution is -0.147. The summed E-state index contributed by atoms with van der Waals surface area (Å²) in [5, 5.41) is 0. The maximum Gasteiger partial charge on any atom is 0.228 e. The first kappa shape index (κ1) is 16.0. The average molecular weight is 314 g/mol. The molecule has 0 aromatic heterocycles. The highest BCUT2D eigenvalue weighted by atomic mass is 16.2. The summed E-state index contributed by atoms with van der Waals surface area (Å²) < 4.78 is 0. The lowest BCUT2D eigenvalue weighted by atomic mass is 9.83. The first-order valence-corrected chi connectivity index (χ1v) is 8.67. The molecule has 2 aliphatic heterocycles. The van der Waals surface area contributed by atoms with Crippen LogP contribution in [0.5, 0.6) is 0 Å². The number of amides is 2. The Hall–Kier alpha value is -1.84. The highest BCUT2D eigenvalue weighted by molar-refractivity contribution is 5.85. The Bertz CT molecular complexity index is 564. The molecule has 2 amide bonds. The highest BCUT2D eigenvalue weighted by Gasteiger charge is 2.40. The van der Waals surface area contributed by atoms with Gasteiger partial charge in [0.25, 0.3) is 0 Å². The zero-order valence-electron chi connectivity index (χ0n) is 14.1. The molecule has 124 valence electrons. The number of piperidine rings is 2. The summed E-state index contributed by atoms with van der Waals surface area (Å²) in [6.07, 6.45) is 3.31. The quantitative estimate of drug-likeness (QED) is 0.842. The molecule has 0 unspecified atom stereocenters. The van der Waals surface area contributed by atoms with Crippen molar-refractivity contribution in [3.05, 3.63) is 35.9 Å². The van der Waals surface area contributed by atoms with Gasteiger partial charge in [-0.3, -0.25) is 9.59 Å². The molecule has 0 N–H and O–H groups in total. The van der Waals surface area contributed by atoms with Crippen LogP contribution in [0.3, 0.4) is 0 Å². The molecule has 2 fully saturated rings. The zero-order chi connectivity index (χ0) is 16.4. The van der Waals surface area contributed by atoms with E-state index < -0.39 is 0 Å².